The van der Waals surface area contributed by atoms with E-state index in [0.717, 1.165) is 0 Å². The largest absolute Gasteiger partial charge is 0.504 e. The summed E-state index contributed by atoms with van der Waals surface area (Å²) in [7, 11) is 1.38. The van der Waals surface area contributed by atoms with Crippen LogP contribution in [0.15, 0.2) is 48.5 Å². The minimum atomic E-state index is -2.23. The van der Waals surface area contributed by atoms with Crippen LogP contribution in [0.5, 0.6) is 11.5 Å². The molecule has 2 aromatic rings. The van der Waals surface area contributed by atoms with Gasteiger partial charge < -0.3 is 20.1 Å². The maximum Gasteiger partial charge on any atom is 0.345 e. The van der Waals surface area contributed by atoms with Crippen molar-refractivity contribution in [1.82, 2.24) is 0 Å². The number of carbonyl (C=O) groups is 1. The van der Waals surface area contributed by atoms with Crippen LogP contribution in [-0.2, 0) is 10.4 Å². The Balaban J connectivity index is 2.60. The van der Waals surface area contributed by atoms with E-state index in [0.29, 0.717) is 0 Å². The summed E-state index contributed by atoms with van der Waals surface area (Å²) in [6, 6.07) is 12.0. The molecule has 20 heavy (non-hydrogen) atoms. The molecule has 104 valence electrons. The van der Waals surface area contributed by atoms with Crippen LogP contribution in [0.1, 0.15) is 11.1 Å². The van der Waals surface area contributed by atoms with Gasteiger partial charge in [-0.2, -0.15) is 0 Å². The molecular formula is C15H14O5. The number of hydrogen-bond acceptors (Lipinski definition) is 4. The second-order valence-corrected chi connectivity index (χ2v) is 4.27. The number of phenols is 1. The smallest absolute Gasteiger partial charge is 0.345 e. The number of phenolic OH excluding ortho intramolecular Hbond substituents is 1. The lowest BCUT2D eigenvalue weighted by atomic mass is 9.86. The van der Waals surface area contributed by atoms with Crippen molar-refractivity contribution in [2.24, 2.45) is 0 Å². The van der Waals surface area contributed by atoms with E-state index < -0.39 is 11.6 Å². The lowest BCUT2D eigenvalue weighted by Gasteiger charge is -2.24. The highest BCUT2D eigenvalue weighted by Crippen LogP contribution is 2.35. The van der Waals surface area contributed by atoms with Gasteiger partial charge in [-0.1, -0.05) is 36.4 Å². The molecule has 0 saturated heterocycles. The summed E-state index contributed by atoms with van der Waals surface area (Å²) in [6.07, 6.45) is 0. The van der Waals surface area contributed by atoms with Crippen LogP contribution in [0.2, 0.25) is 0 Å². The molecule has 0 aliphatic heterocycles. The molecule has 0 heterocycles. The highest BCUT2D eigenvalue weighted by atomic mass is 16.5. The van der Waals surface area contributed by atoms with Crippen molar-refractivity contribution in [2.75, 3.05) is 7.11 Å². The van der Waals surface area contributed by atoms with Gasteiger partial charge >= 0.3 is 5.97 Å². The first-order valence-electron chi connectivity index (χ1n) is 5.89. The topological polar surface area (TPSA) is 87.0 Å². The molecule has 5 heteroatoms. The summed E-state index contributed by atoms with van der Waals surface area (Å²) in [5.74, 6) is -1.46. The van der Waals surface area contributed by atoms with E-state index in [-0.39, 0.29) is 22.6 Å². The van der Waals surface area contributed by atoms with Gasteiger partial charge in [0.2, 0.25) is 5.60 Å². The minimum absolute atomic E-state index is 0.0505. The van der Waals surface area contributed by atoms with E-state index in [4.69, 9.17) is 4.74 Å². The van der Waals surface area contributed by atoms with Crippen LogP contribution in [0.4, 0.5) is 0 Å². The lowest BCUT2D eigenvalue weighted by Crippen LogP contribution is -2.36. The van der Waals surface area contributed by atoms with E-state index in [1.807, 2.05) is 0 Å². The number of hydrogen-bond donors (Lipinski definition) is 3. The maximum absolute atomic E-state index is 11.5. The van der Waals surface area contributed by atoms with Gasteiger partial charge in [0, 0.05) is 5.56 Å². The third kappa shape index (κ3) is 2.19. The minimum Gasteiger partial charge on any atom is -0.504 e. The van der Waals surface area contributed by atoms with Crippen molar-refractivity contribution in [3.05, 3.63) is 59.7 Å². The summed E-state index contributed by atoms with van der Waals surface area (Å²) >= 11 is 0. The van der Waals surface area contributed by atoms with Crippen LogP contribution in [-0.4, -0.2) is 28.4 Å². The van der Waals surface area contributed by atoms with Crippen LogP contribution < -0.4 is 4.74 Å². The van der Waals surface area contributed by atoms with E-state index in [1.165, 1.54) is 37.4 Å². The zero-order valence-electron chi connectivity index (χ0n) is 10.8. The van der Waals surface area contributed by atoms with Crippen LogP contribution in [0.25, 0.3) is 0 Å². The molecule has 0 bridgehead atoms. The average molecular weight is 274 g/mol. The van der Waals surface area contributed by atoms with Crippen LogP contribution in [0.3, 0.4) is 0 Å². The Hall–Kier alpha value is -2.53. The second-order valence-electron chi connectivity index (χ2n) is 4.27. The zero-order valence-corrected chi connectivity index (χ0v) is 10.8. The van der Waals surface area contributed by atoms with E-state index in [1.54, 1.807) is 18.2 Å². The van der Waals surface area contributed by atoms with E-state index >= 15 is 0 Å². The Morgan fingerprint density at radius 2 is 1.75 bits per heavy atom. The molecule has 3 N–H and O–H groups in total. The molecule has 1 atom stereocenters. The number of carboxylic acids is 1. The van der Waals surface area contributed by atoms with Crippen molar-refractivity contribution >= 4 is 5.97 Å². The molecule has 0 amide bonds. The van der Waals surface area contributed by atoms with E-state index in [2.05, 4.69) is 0 Å². The molecule has 0 saturated carbocycles. The summed E-state index contributed by atoms with van der Waals surface area (Å²) in [6.45, 7) is 0. The van der Waals surface area contributed by atoms with Gasteiger partial charge in [-0.3, -0.25) is 0 Å². The molecule has 0 aliphatic rings. The Kier molecular flexibility index (Phi) is 3.63. The molecular weight excluding hydrogens is 260 g/mol. The summed E-state index contributed by atoms with van der Waals surface area (Å²) < 4.78 is 4.90. The number of ether oxygens (including phenoxy) is 1. The number of aromatic hydroxyl groups is 1. The average Bonchev–Trinajstić information content (AvgIpc) is 2.47. The summed E-state index contributed by atoms with van der Waals surface area (Å²) in [5.41, 5.74) is -1.98. The van der Waals surface area contributed by atoms with Crippen molar-refractivity contribution in [3.8, 4) is 11.5 Å². The van der Waals surface area contributed by atoms with Crippen LogP contribution >= 0.6 is 0 Å². The molecule has 1 unspecified atom stereocenters. The highest BCUT2D eigenvalue weighted by Gasteiger charge is 2.40. The van der Waals surface area contributed by atoms with Gasteiger partial charge in [0.1, 0.15) is 0 Å². The third-order valence-corrected chi connectivity index (χ3v) is 3.10. The number of benzene rings is 2. The number of aliphatic hydroxyl groups is 1. The predicted octanol–water partition coefficient (Wildman–Crippen LogP) is 1.72. The predicted molar refractivity (Wildman–Crippen MR) is 71.7 cm³/mol. The number of carboxylic acid groups (broad SMARTS) is 1. The summed E-state index contributed by atoms with van der Waals surface area (Å²) in [4.78, 5) is 11.5. The first kappa shape index (κ1) is 13.9. The summed E-state index contributed by atoms with van der Waals surface area (Å²) in [5, 5.41) is 29.7. The quantitative estimate of drug-likeness (QED) is 0.790. The number of rotatable bonds is 4. The zero-order chi connectivity index (χ0) is 14.8. The molecule has 5 nitrogen and oxygen atoms in total. The molecule has 0 fully saturated rings. The molecule has 0 spiro atoms. The SMILES string of the molecule is COc1ccc(C(O)(C(=O)O)c2ccccc2)cc1O. The Morgan fingerprint density at radius 3 is 2.25 bits per heavy atom. The van der Waals surface area contributed by atoms with Crippen molar-refractivity contribution in [3.63, 3.8) is 0 Å². The Bertz CT molecular complexity index is 623. The van der Waals surface area contributed by atoms with E-state index in [9.17, 15) is 20.1 Å². The lowest BCUT2D eigenvalue weighted by molar-refractivity contribution is -0.155. The fourth-order valence-electron chi connectivity index (χ4n) is 2.01. The van der Waals surface area contributed by atoms with Crippen LogP contribution in [0, 0.1) is 0 Å². The fraction of sp³-hybridized carbons (Fsp3) is 0.133. The van der Waals surface area contributed by atoms with Gasteiger partial charge in [-0.05, 0) is 17.7 Å². The molecule has 0 aromatic heterocycles. The van der Waals surface area contributed by atoms with Gasteiger partial charge in [0.15, 0.2) is 11.5 Å². The van der Waals surface area contributed by atoms with Gasteiger partial charge in [-0.25, -0.2) is 4.79 Å². The number of methoxy groups -OCH3 is 1. The Labute approximate surface area is 115 Å². The second kappa shape index (κ2) is 5.22. The molecule has 2 aromatic carbocycles. The highest BCUT2D eigenvalue weighted by molar-refractivity contribution is 5.84. The first-order valence-corrected chi connectivity index (χ1v) is 5.89. The number of aliphatic carboxylic acids is 1. The normalized spacial score (nSPS) is 13.5. The standard InChI is InChI=1S/C15H14O5/c1-20-13-8-7-11(9-12(13)16)15(19,14(17)18)10-5-3-2-4-6-10/h2-9,16,19H,1H3,(H,17,18). The van der Waals surface area contributed by atoms with Crippen molar-refractivity contribution in [1.29, 1.82) is 0 Å². The molecule has 0 aliphatic carbocycles. The maximum atomic E-state index is 11.5. The van der Waals surface area contributed by atoms with Gasteiger partial charge in [0.25, 0.3) is 0 Å². The van der Waals surface area contributed by atoms with Crippen molar-refractivity contribution in [2.45, 2.75) is 5.60 Å². The Morgan fingerprint density at radius 1 is 1.10 bits per heavy atom. The third-order valence-electron chi connectivity index (χ3n) is 3.10. The first-order chi connectivity index (χ1) is 9.50. The monoisotopic (exact) mass is 274 g/mol. The van der Waals surface area contributed by atoms with Crippen molar-refractivity contribution < 1.29 is 24.9 Å². The van der Waals surface area contributed by atoms with Gasteiger partial charge in [0.05, 0.1) is 7.11 Å². The van der Waals surface area contributed by atoms with Gasteiger partial charge in [-0.15, -0.1) is 0 Å². The fourth-order valence-corrected chi connectivity index (χ4v) is 2.01. The molecule has 0 radical (unpaired) electrons. The molecule has 2 rings (SSSR count).